The lowest BCUT2D eigenvalue weighted by atomic mass is 10.4. The van der Waals surface area contributed by atoms with Crippen LogP contribution >= 0.6 is 0 Å². The molecule has 6 heteroatoms. The van der Waals surface area contributed by atoms with E-state index >= 15 is 0 Å². The van der Waals surface area contributed by atoms with E-state index < -0.39 is 12.2 Å². The van der Waals surface area contributed by atoms with Crippen LogP contribution in [0.5, 0.6) is 0 Å². The predicted molar refractivity (Wildman–Crippen MR) is 59.5 cm³/mol. The van der Waals surface area contributed by atoms with E-state index in [-0.39, 0.29) is 13.2 Å². The van der Waals surface area contributed by atoms with E-state index in [4.69, 9.17) is 0 Å². The van der Waals surface area contributed by atoms with Gasteiger partial charge >= 0.3 is 12.2 Å². The standard InChI is InChI=1S/C6H10N2O4.C4H10/c1-3-11-5(9)7-8-6(10)12-4-2;1-3-4-2/h3-4H2,1-2H3;3-4H2,1-2H3. The van der Waals surface area contributed by atoms with Crippen LogP contribution in [0.25, 0.3) is 0 Å². The highest BCUT2D eigenvalue weighted by Crippen LogP contribution is 1.88. The largest absolute Gasteiger partial charge is 0.452 e. The molecule has 0 heterocycles. The highest BCUT2D eigenvalue weighted by molar-refractivity contribution is 5.73. The Morgan fingerprint density at radius 3 is 1.31 bits per heavy atom. The molecular weight excluding hydrogens is 212 g/mol. The molecule has 0 fully saturated rings. The molecule has 0 bridgehead atoms. The van der Waals surface area contributed by atoms with Crippen molar-refractivity contribution in [2.24, 2.45) is 10.2 Å². The predicted octanol–water partition coefficient (Wildman–Crippen LogP) is 3.56. The summed E-state index contributed by atoms with van der Waals surface area (Å²) in [5.41, 5.74) is 0. The molecule has 0 N–H and O–H groups in total. The number of amides is 2. The van der Waals surface area contributed by atoms with Crippen LogP contribution in [0, 0.1) is 0 Å². The number of hydrogen-bond acceptors (Lipinski definition) is 4. The van der Waals surface area contributed by atoms with Crippen LogP contribution in [0.15, 0.2) is 10.2 Å². The number of azo groups is 1. The van der Waals surface area contributed by atoms with Crippen LogP contribution in [-0.2, 0) is 9.47 Å². The lowest BCUT2D eigenvalue weighted by Crippen LogP contribution is -2.00. The third kappa shape index (κ3) is 15.0. The molecule has 0 saturated heterocycles. The summed E-state index contributed by atoms with van der Waals surface area (Å²) in [6, 6.07) is 0. The second kappa shape index (κ2) is 13.5. The Bertz CT molecular complexity index is 195. The highest BCUT2D eigenvalue weighted by Gasteiger charge is 2.00. The van der Waals surface area contributed by atoms with Gasteiger partial charge in [-0.3, -0.25) is 0 Å². The van der Waals surface area contributed by atoms with Crippen LogP contribution in [0.4, 0.5) is 9.59 Å². The number of carbonyl (C=O) groups excluding carboxylic acids is 2. The maximum atomic E-state index is 10.5. The number of nitrogens with zero attached hydrogens (tertiary/aromatic N) is 2. The molecule has 0 spiro atoms. The van der Waals surface area contributed by atoms with Gasteiger partial charge in [-0.15, -0.1) is 0 Å². The van der Waals surface area contributed by atoms with Gasteiger partial charge in [-0.1, -0.05) is 36.9 Å². The molecule has 16 heavy (non-hydrogen) atoms. The zero-order valence-electron chi connectivity index (χ0n) is 10.4. The lowest BCUT2D eigenvalue weighted by Gasteiger charge is -1.93. The van der Waals surface area contributed by atoms with Crippen molar-refractivity contribution in [2.45, 2.75) is 40.5 Å². The summed E-state index contributed by atoms with van der Waals surface area (Å²) in [4.78, 5) is 20.9. The van der Waals surface area contributed by atoms with Gasteiger partial charge < -0.3 is 9.47 Å². The monoisotopic (exact) mass is 232 g/mol. The van der Waals surface area contributed by atoms with E-state index in [1.54, 1.807) is 13.8 Å². The molecular formula is C10H20N2O4. The molecule has 94 valence electrons. The van der Waals surface area contributed by atoms with Crippen LogP contribution in [0.1, 0.15) is 40.5 Å². The van der Waals surface area contributed by atoms with E-state index in [1.165, 1.54) is 12.8 Å². The van der Waals surface area contributed by atoms with Crippen molar-refractivity contribution in [2.75, 3.05) is 13.2 Å². The van der Waals surface area contributed by atoms with Crippen molar-refractivity contribution >= 4 is 12.2 Å². The van der Waals surface area contributed by atoms with E-state index in [0.717, 1.165) is 0 Å². The molecule has 0 aliphatic carbocycles. The Hall–Kier alpha value is -1.46. The molecule has 0 radical (unpaired) electrons. The van der Waals surface area contributed by atoms with Gasteiger partial charge in [0, 0.05) is 0 Å². The molecule has 6 nitrogen and oxygen atoms in total. The Kier molecular flexibility index (Phi) is 14.3. The summed E-state index contributed by atoms with van der Waals surface area (Å²) in [6.07, 6.45) is 0.844. The Balaban J connectivity index is 0. The smallest absolute Gasteiger partial charge is 0.447 e. The minimum atomic E-state index is -0.898. The third-order valence-electron chi connectivity index (χ3n) is 1.25. The van der Waals surface area contributed by atoms with Crippen molar-refractivity contribution in [3.05, 3.63) is 0 Å². The second-order valence-electron chi connectivity index (χ2n) is 2.60. The minimum Gasteiger partial charge on any atom is -0.447 e. The van der Waals surface area contributed by atoms with Crippen molar-refractivity contribution in [3.63, 3.8) is 0 Å². The van der Waals surface area contributed by atoms with Crippen molar-refractivity contribution in [1.82, 2.24) is 0 Å². The zero-order chi connectivity index (χ0) is 12.8. The first-order chi connectivity index (χ1) is 7.62. The summed E-state index contributed by atoms with van der Waals surface area (Å²) in [6.45, 7) is 8.00. The number of rotatable bonds is 3. The van der Waals surface area contributed by atoms with Crippen molar-refractivity contribution < 1.29 is 19.1 Å². The van der Waals surface area contributed by atoms with E-state index in [2.05, 4.69) is 33.5 Å². The minimum absolute atomic E-state index is 0.195. The summed E-state index contributed by atoms with van der Waals surface area (Å²) in [7, 11) is 0. The van der Waals surface area contributed by atoms with Crippen LogP contribution in [0.2, 0.25) is 0 Å². The first kappa shape index (κ1) is 17.0. The van der Waals surface area contributed by atoms with Crippen LogP contribution in [-0.4, -0.2) is 25.4 Å². The topological polar surface area (TPSA) is 77.3 Å². The van der Waals surface area contributed by atoms with Crippen LogP contribution in [0.3, 0.4) is 0 Å². The number of hydrogen-bond donors (Lipinski definition) is 0. The average Bonchev–Trinajstić information content (AvgIpc) is 2.28. The highest BCUT2D eigenvalue weighted by atomic mass is 16.6. The molecule has 0 rings (SSSR count). The quantitative estimate of drug-likeness (QED) is 0.697. The summed E-state index contributed by atoms with van der Waals surface area (Å²) < 4.78 is 8.73. The zero-order valence-corrected chi connectivity index (χ0v) is 10.4. The number of carbonyl (C=O) groups is 2. The number of unbranched alkanes of at least 4 members (excludes halogenated alkanes) is 1. The first-order valence-electron chi connectivity index (χ1n) is 5.37. The normalized spacial score (nSPS) is 9.25. The second-order valence-corrected chi connectivity index (χ2v) is 2.60. The van der Waals surface area contributed by atoms with E-state index in [1.807, 2.05) is 0 Å². The van der Waals surface area contributed by atoms with Gasteiger partial charge in [0.2, 0.25) is 0 Å². The van der Waals surface area contributed by atoms with Crippen LogP contribution < -0.4 is 0 Å². The molecule has 0 aromatic heterocycles. The molecule has 0 saturated carbocycles. The fourth-order valence-corrected chi connectivity index (χ4v) is 0.386. The Labute approximate surface area is 96.0 Å². The molecule has 0 unspecified atom stereocenters. The lowest BCUT2D eigenvalue weighted by molar-refractivity contribution is 0.152. The van der Waals surface area contributed by atoms with Gasteiger partial charge in [0.25, 0.3) is 0 Å². The van der Waals surface area contributed by atoms with E-state index in [9.17, 15) is 9.59 Å². The Morgan fingerprint density at radius 1 is 0.812 bits per heavy atom. The first-order valence-corrected chi connectivity index (χ1v) is 5.37. The third-order valence-corrected chi connectivity index (χ3v) is 1.25. The summed E-state index contributed by atoms with van der Waals surface area (Å²) >= 11 is 0. The van der Waals surface area contributed by atoms with Gasteiger partial charge in [0.15, 0.2) is 0 Å². The maximum Gasteiger partial charge on any atom is 0.452 e. The van der Waals surface area contributed by atoms with E-state index in [0.29, 0.717) is 0 Å². The summed E-state index contributed by atoms with van der Waals surface area (Å²) in [5, 5.41) is 5.84. The van der Waals surface area contributed by atoms with Crippen molar-refractivity contribution in [1.29, 1.82) is 0 Å². The van der Waals surface area contributed by atoms with Crippen molar-refractivity contribution in [3.8, 4) is 0 Å². The van der Waals surface area contributed by atoms with Gasteiger partial charge in [-0.05, 0) is 13.8 Å². The molecule has 2 amide bonds. The Morgan fingerprint density at radius 2 is 1.12 bits per heavy atom. The van der Waals surface area contributed by atoms with Gasteiger partial charge in [0.1, 0.15) is 0 Å². The van der Waals surface area contributed by atoms with Gasteiger partial charge in [-0.2, -0.15) is 0 Å². The molecule has 0 atom stereocenters. The SMILES string of the molecule is CCCC.CCOC(=O)N=NC(=O)OCC. The molecule has 0 aromatic carbocycles. The van der Waals surface area contributed by atoms with Gasteiger partial charge in [-0.25, -0.2) is 9.59 Å². The fraction of sp³-hybridized carbons (Fsp3) is 0.800. The summed E-state index contributed by atoms with van der Waals surface area (Å²) in [5.74, 6) is 0. The number of ether oxygens (including phenoxy) is 2. The van der Waals surface area contributed by atoms with Gasteiger partial charge in [0.05, 0.1) is 13.2 Å². The molecule has 0 aromatic rings. The molecule has 0 aliphatic rings. The fourth-order valence-electron chi connectivity index (χ4n) is 0.386. The maximum absolute atomic E-state index is 10.5. The average molecular weight is 232 g/mol. The molecule has 0 aliphatic heterocycles.